The molecule has 0 aliphatic heterocycles. The van der Waals surface area contributed by atoms with Crippen molar-refractivity contribution in [2.75, 3.05) is 18.1 Å². The monoisotopic (exact) mass is 479 g/mol. The van der Waals surface area contributed by atoms with E-state index in [-0.39, 0.29) is 11.7 Å². The molecule has 0 saturated carbocycles. The van der Waals surface area contributed by atoms with Gasteiger partial charge in [0, 0.05) is 40.9 Å². The molecule has 1 aromatic heterocycles. The third kappa shape index (κ3) is 5.65. The zero-order valence-electron chi connectivity index (χ0n) is 20.0. The number of aromatic nitrogens is 1. The number of halogens is 1. The summed E-state index contributed by atoms with van der Waals surface area (Å²) in [6.45, 7) is 6.93. The number of pyridine rings is 1. The average molecular weight is 480 g/mol. The maximum atomic E-state index is 14.9. The molecular weight excluding hydrogens is 449 g/mol. The first-order chi connectivity index (χ1) is 16.4. The number of thioether (sulfide) groups is 1. The molecule has 0 aliphatic carbocycles. The Hall–Kier alpha value is -3.19. The zero-order valence-corrected chi connectivity index (χ0v) is 20.8. The van der Waals surface area contributed by atoms with Crippen LogP contribution >= 0.6 is 11.8 Å². The summed E-state index contributed by atoms with van der Waals surface area (Å²) in [7, 11) is 0. The first-order valence-corrected chi connectivity index (χ1v) is 12.6. The Kier molecular flexibility index (Phi) is 8.82. The van der Waals surface area contributed by atoms with E-state index in [0.29, 0.717) is 47.8 Å². The molecule has 7 heteroatoms. The SMILES string of the molecule is CCCN(Cc1cc(-c2ccc(NC=O)nc2)ccc1C)C(=O)c1ccc(SC)c(F)c1CC. The van der Waals surface area contributed by atoms with Gasteiger partial charge in [-0.3, -0.25) is 9.59 Å². The Labute approximate surface area is 204 Å². The number of hydrogen-bond acceptors (Lipinski definition) is 4. The number of anilines is 1. The van der Waals surface area contributed by atoms with Crippen LogP contribution in [0.3, 0.4) is 0 Å². The lowest BCUT2D eigenvalue weighted by molar-refractivity contribution is -0.105. The number of nitrogens with zero attached hydrogens (tertiary/aromatic N) is 2. The lowest BCUT2D eigenvalue weighted by Crippen LogP contribution is -2.32. The van der Waals surface area contributed by atoms with Gasteiger partial charge in [0.2, 0.25) is 6.41 Å². The summed E-state index contributed by atoms with van der Waals surface area (Å²) in [5.41, 5.74) is 4.88. The third-order valence-electron chi connectivity index (χ3n) is 5.81. The normalized spacial score (nSPS) is 10.7. The van der Waals surface area contributed by atoms with E-state index in [1.807, 2.05) is 45.2 Å². The van der Waals surface area contributed by atoms with Crippen molar-refractivity contribution < 1.29 is 14.0 Å². The molecule has 3 rings (SSSR count). The number of rotatable bonds is 10. The zero-order chi connectivity index (χ0) is 24.7. The number of nitrogens with one attached hydrogen (secondary N) is 1. The highest BCUT2D eigenvalue weighted by molar-refractivity contribution is 7.98. The maximum Gasteiger partial charge on any atom is 0.254 e. The highest BCUT2D eigenvalue weighted by Gasteiger charge is 2.22. The highest BCUT2D eigenvalue weighted by atomic mass is 32.2. The van der Waals surface area contributed by atoms with Crippen LogP contribution in [0.2, 0.25) is 0 Å². The van der Waals surface area contributed by atoms with E-state index in [1.54, 1.807) is 29.3 Å². The summed E-state index contributed by atoms with van der Waals surface area (Å²) in [6, 6.07) is 13.2. The summed E-state index contributed by atoms with van der Waals surface area (Å²) in [5, 5.41) is 2.53. The number of benzene rings is 2. The fourth-order valence-corrected chi connectivity index (χ4v) is 4.44. The minimum atomic E-state index is -0.296. The van der Waals surface area contributed by atoms with Crippen molar-refractivity contribution in [2.24, 2.45) is 0 Å². The first kappa shape index (κ1) is 25.4. The average Bonchev–Trinajstić information content (AvgIpc) is 2.85. The Bertz CT molecular complexity index is 1170. The second-order valence-electron chi connectivity index (χ2n) is 8.02. The fraction of sp³-hybridized carbons (Fsp3) is 0.296. The third-order valence-corrected chi connectivity index (χ3v) is 6.56. The maximum absolute atomic E-state index is 14.9. The summed E-state index contributed by atoms with van der Waals surface area (Å²) in [4.78, 5) is 30.8. The van der Waals surface area contributed by atoms with Crippen LogP contribution in [0.25, 0.3) is 11.1 Å². The second kappa shape index (κ2) is 11.8. The van der Waals surface area contributed by atoms with Gasteiger partial charge in [0.15, 0.2) is 0 Å². The van der Waals surface area contributed by atoms with Gasteiger partial charge < -0.3 is 10.2 Å². The van der Waals surface area contributed by atoms with Crippen molar-refractivity contribution in [3.63, 3.8) is 0 Å². The van der Waals surface area contributed by atoms with Crippen LogP contribution in [-0.2, 0) is 17.8 Å². The molecular formula is C27H30FN3O2S. The smallest absolute Gasteiger partial charge is 0.254 e. The molecule has 0 radical (unpaired) electrons. The molecule has 0 spiro atoms. The van der Waals surface area contributed by atoms with Gasteiger partial charge in [0.1, 0.15) is 11.6 Å². The van der Waals surface area contributed by atoms with Gasteiger partial charge in [-0.1, -0.05) is 26.0 Å². The second-order valence-corrected chi connectivity index (χ2v) is 8.87. The van der Waals surface area contributed by atoms with Gasteiger partial charge in [-0.05, 0) is 73.0 Å². The summed E-state index contributed by atoms with van der Waals surface area (Å²) >= 11 is 1.35. The van der Waals surface area contributed by atoms with Crippen LogP contribution in [-0.4, -0.2) is 35.0 Å². The molecule has 0 saturated heterocycles. The number of hydrogen-bond donors (Lipinski definition) is 1. The predicted octanol–water partition coefficient (Wildman–Crippen LogP) is 6.10. The van der Waals surface area contributed by atoms with Crippen LogP contribution in [0.15, 0.2) is 53.6 Å². The van der Waals surface area contributed by atoms with Crippen molar-refractivity contribution in [2.45, 2.75) is 45.1 Å². The van der Waals surface area contributed by atoms with Crippen molar-refractivity contribution in [3.05, 3.63) is 76.7 Å². The predicted molar refractivity (Wildman–Crippen MR) is 137 cm³/mol. The number of aryl methyl sites for hydroxylation is 1. The molecule has 0 bridgehead atoms. The lowest BCUT2D eigenvalue weighted by atomic mass is 9.99. The molecule has 34 heavy (non-hydrogen) atoms. The first-order valence-electron chi connectivity index (χ1n) is 11.3. The lowest BCUT2D eigenvalue weighted by Gasteiger charge is -2.25. The van der Waals surface area contributed by atoms with E-state index < -0.39 is 0 Å². The molecule has 0 fully saturated rings. The van der Waals surface area contributed by atoms with Crippen LogP contribution in [0, 0.1) is 12.7 Å². The van der Waals surface area contributed by atoms with Crippen LogP contribution in [0.5, 0.6) is 0 Å². The molecule has 178 valence electrons. The summed E-state index contributed by atoms with van der Waals surface area (Å²) in [5.74, 6) is 0.0359. The molecule has 5 nitrogen and oxygen atoms in total. The van der Waals surface area contributed by atoms with Gasteiger partial charge in [-0.2, -0.15) is 0 Å². The molecule has 2 aromatic carbocycles. The van der Waals surface area contributed by atoms with Gasteiger partial charge in [0.05, 0.1) is 0 Å². The topological polar surface area (TPSA) is 62.3 Å². The van der Waals surface area contributed by atoms with E-state index in [1.165, 1.54) is 11.8 Å². The van der Waals surface area contributed by atoms with E-state index in [2.05, 4.69) is 16.4 Å². The van der Waals surface area contributed by atoms with Gasteiger partial charge >= 0.3 is 0 Å². The number of amides is 2. The van der Waals surface area contributed by atoms with E-state index in [0.717, 1.165) is 28.7 Å². The largest absolute Gasteiger partial charge is 0.334 e. The number of carbonyl (C=O) groups is 2. The molecule has 1 N–H and O–H groups in total. The summed E-state index contributed by atoms with van der Waals surface area (Å²) < 4.78 is 14.9. The standard InChI is InChI=1S/C27H30FN3O2S/c1-5-13-31(27(33)23-10-11-24(34-4)26(28)22(23)6-2)16-21-14-19(8-7-18(21)3)20-9-12-25(29-15-20)30-17-32/h7-12,14-15,17H,5-6,13,16H2,1-4H3,(H,29,30,32). The van der Waals surface area contributed by atoms with Crippen molar-refractivity contribution in [1.82, 2.24) is 9.88 Å². The van der Waals surface area contributed by atoms with Crippen LogP contribution in [0.4, 0.5) is 10.2 Å². The van der Waals surface area contributed by atoms with Crippen LogP contribution < -0.4 is 5.32 Å². The van der Waals surface area contributed by atoms with Gasteiger partial charge in [-0.25, -0.2) is 9.37 Å². The van der Waals surface area contributed by atoms with Crippen molar-refractivity contribution in [1.29, 1.82) is 0 Å². The number of carbonyl (C=O) groups excluding carboxylic acids is 2. The molecule has 0 aliphatic rings. The molecule has 1 heterocycles. The van der Waals surface area contributed by atoms with E-state index in [9.17, 15) is 14.0 Å². The van der Waals surface area contributed by atoms with E-state index >= 15 is 0 Å². The van der Waals surface area contributed by atoms with E-state index in [4.69, 9.17) is 0 Å². The molecule has 0 atom stereocenters. The molecule has 3 aromatic rings. The van der Waals surface area contributed by atoms with Crippen LogP contribution in [0.1, 0.15) is 47.3 Å². The summed E-state index contributed by atoms with van der Waals surface area (Å²) in [6.07, 6.45) is 5.39. The quantitative estimate of drug-likeness (QED) is 0.282. The minimum absolute atomic E-state index is 0.152. The highest BCUT2D eigenvalue weighted by Crippen LogP contribution is 2.28. The molecule has 0 unspecified atom stereocenters. The molecule has 2 amide bonds. The Morgan fingerprint density at radius 1 is 1.15 bits per heavy atom. The fourth-order valence-electron chi connectivity index (χ4n) is 3.93. The Balaban J connectivity index is 1.92. The minimum Gasteiger partial charge on any atom is -0.334 e. The Morgan fingerprint density at radius 3 is 2.53 bits per heavy atom. The van der Waals surface area contributed by atoms with Crippen molar-refractivity contribution in [3.8, 4) is 11.1 Å². The van der Waals surface area contributed by atoms with Crippen molar-refractivity contribution >= 4 is 29.9 Å². The Morgan fingerprint density at radius 2 is 1.91 bits per heavy atom. The van der Waals surface area contributed by atoms with Gasteiger partial charge in [-0.15, -0.1) is 11.8 Å². The van der Waals surface area contributed by atoms with Gasteiger partial charge in [0.25, 0.3) is 5.91 Å².